The molecule has 2 heteroatoms. The summed E-state index contributed by atoms with van der Waals surface area (Å²) in [6.45, 7) is 6.52. The van der Waals surface area contributed by atoms with Crippen molar-refractivity contribution in [1.82, 2.24) is 0 Å². The average molecular weight is 185 g/mol. The van der Waals surface area contributed by atoms with Crippen LogP contribution in [-0.4, -0.2) is 16.7 Å². The van der Waals surface area contributed by atoms with E-state index in [1.807, 2.05) is 0 Å². The third kappa shape index (κ3) is 2.96. The topological polar surface area (TPSA) is 46.2 Å². The van der Waals surface area contributed by atoms with Gasteiger partial charge in [0.2, 0.25) is 0 Å². The first-order valence-electron chi connectivity index (χ1n) is 5.31. The summed E-state index contributed by atoms with van der Waals surface area (Å²) < 4.78 is 0. The molecule has 0 spiro atoms. The molecular weight excluding hydrogens is 162 g/mol. The molecule has 1 rings (SSSR count). The van der Waals surface area contributed by atoms with Crippen LogP contribution in [-0.2, 0) is 0 Å². The summed E-state index contributed by atoms with van der Waals surface area (Å²) in [5.74, 6) is 0. The lowest BCUT2D eigenvalue weighted by molar-refractivity contribution is 0.00839. The molecule has 0 saturated heterocycles. The van der Waals surface area contributed by atoms with Gasteiger partial charge in [0.25, 0.3) is 0 Å². The molecule has 1 saturated carbocycles. The van der Waals surface area contributed by atoms with Crippen LogP contribution >= 0.6 is 0 Å². The van der Waals surface area contributed by atoms with Gasteiger partial charge in [-0.2, -0.15) is 0 Å². The van der Waals surface area contributed by atoms with E-state index in [9.17, 15) is 5.11 Å². The van der Waals surface area contributed by atoms with Crippen LogP contribution in [0.15, 0.2) is 0 Å². The van der Waals surface area contributed by atoms with Crippen LogP contribution in [0.5, 0.6) is 0 Å². The Labute approximate surface area is 81.5 Å². The fourth-order valence-corrected chi connectivity index (χ4v) is 2.21. The summed E-state index contributed by atoms with van der Waals surface area (Å²) in [6, 6.07) is -0.0463. The van der Waals surface area contributed by atoms with Crippen LogP contribution in [0.1, 0.15) is 52.9 Å². The third-order valence-electron chi connectivity index (χ3n) is 2.99. The summed E-state index contributed by atoms with van der Waals surface area (Å²) in [4.78, 5) is 0. The maximum atomic E-state index is 10.2. The summed E-state index contributed by atoms with van der Waals surface area (Å²) >= 11 is 0. The fourth-order valence-electron chi connectivity index (χ4n) is 2.21. The zero-order valence-corrected chi connectivity index (χ0v) is 9.14. The van der Waals surface area contributed by atoms with Crippen molar-refractivity contribution in [2.45, 2.75) is 64.5 Å². The summed E-state index contributed by atoms with van der Waals surface area (Å²) in [5, 5.41) is 10.2. The standard InChI is InChI=1S/C11H23NO/c1-10(2,3)8-9(12)11(13)6-4-5-7-11/h9,13H,4-8,12H2,1-3H3. The number of rotatable bonds is 2. The molecule has 1 aliphatic rings. The van der Waals surface area contributed by atoms with Crippen molar-refractivity contribution in [3.63, 3.8) is 0 Å². The van der Waals surface area contributed by atoms with Crippen molar-refractivity contribution in [1.29, 1.82) is 0 Å². The van der Waals surface area contributed by atoms with E-state index in [0.29, 0.717) is 0 Å². The Morgan fingerprint density at radius 3 is 2.15 bits per heavy atom. The van der Waals surface area contributed by atoms with Crippen molar-refractivity contribution >= 4 is 0 Å². The molecule has 2 nitrogen and oxygen atoms in total. The molecular formula is C11H23NO. The van der Waals surface area contributed by atoms with Gasteiger partial charge in [0, 0.05) is 6.04 Å². The molecule has 0 heterocycles. The van der Waals surface area contributed by atoms with Gasteiger partial charge in [0.1, 0.15) is 0 Å². The smallest absolute Gasteiger partial charge is 0.0798 e. The molecule has 78 valence electrons. The number of aliphatic hydroxyl groups is 1. The summed E-state index contributed by atoms with van der Waals surface area (Å²) in [5.41, 5.74) is 5.71. The quantitative estimate of drug-likeness (QED) is 0.691. The Balaban J connectivity index is 2.51. The molecule has 0 amide bonds. The molecule has 0 bridgehead atoms. The normalized spacial score (nSPS) is 24.7. The average Bonchev–Trinajstić information content (AvgIpc) is 2.33. The van der Waals surface area contributed by atoms with Crippen molar-refractivity contribution < 1.29 is 5.11 Å². The fraction of sp³-hybridized carbons (Fsp3) is 1.00. The van der Waals surface area contributed by atoms with Crippen molar-refractivity contribution in [3.05, 3.63) is 0 Å². The Hall–Kier alpha value is -0.0800. The van der Waals surface area contributed by atoms with E-state index in [1.165, 1.54) is 0 Å². The zero-order chi connectivity index (χ0) is 10.1. The van der Waals surface area contributed by atoms with Crippen molar-refractivity contribution in [3.8, 4) is 0 Å². The van der Waals surface area contributed by atoms with Gasteiger partial charge in [-0.25, -0.2) is 0 Å². The first-order valence-corrected chi connectivity index (χ1v) is 5.31. The molecule has 1 aliphatic carbocycles. The van der Waals surface area contributed by atoms with Crippen LogP contribution < -0.4 is 5.73 Å². The maximum absolute atomic E-state index is 10.2. The Morgan fingerprint density at radius 2 is 1.77 bits per heavy atom. The van der Waals surface area contributed by atoms with Gasteiger partial charge in [0.05, 0.1) is 5.60 Å². The van der Waals surface area contributed by atoms with E-state index in [2.05, 4.69) is 20.8 Å². The molecule has 0 radical (unpaired) electrons. The zero-order valence-electron chi connectivity index (χ0n) is 9.14. The Bertz CT molecular complexity index is 165. The van der Waals surface area contributed by atoms with Crippen LogP contribution in [0.3, 0.4) is 0 Å². The molecule has 0 aromatic rings. The Kier molecular flexibility index (Phi) is 3.03. The summed E-state index contributed by atoms with van der Waals surface area (Å²) in [6.07, 6.45) is 4.96. The first kappa shape index (κ1) is 11.0. The number of hydrogen-bond donors (Lipinski definition) is 2. The second kappa shape index (κ2) is 3.58. The molecule has 1 atom stereocenters. The van der Waals surface area contributed by atoms with Gasteiger partial charge in [-0.15, -0.1) is 0 Å². The van der Waals surface area contributed by atoms with Crippen LogP contribution in [0.25, 0.3) is 0 Å². The van der Waals surface area contributed by atoms with Crippen molar-refractivity contribution in [2.75, 3.05) is 0 Å². The molecule has 1 fully saturated rings. The lowest BCUT2D eigenvalue weighted by Gasteiger charge is -2.34. The van der Waals surface area contributed by atoms with E-state index in [1.54, 1.807) is 0 Å². The largest absolute Gasteiger partial charge is 0.388 e. The minimum atomic E-state index is -0.562. The van der Waals surface area contributed by atoms with E-state index >= 15 is 0 Å². The van der Waals surface area contributed by atoms with E-state index < -0.39 is 5.60 Å². The monoisotopic (exact) mass is 185 g/mol. The molecule has 13 heavy (non-hydrogen) atoms. The molecule has 0 aromatic heterocycles. The van der Waals surface area contributed by atoms with Crippen LogP contribution in [0.2, 0.25) is 0 Å². The SMILES string of the molecule is CC(C)(C)CC(N)C1(O)CCCC1. The second-order valence-corrected chi connectivity index (χ2v) is 5.68. The van der Waals surface area contributed by atoms with Gasteiger partial charge in [-0.1, -0.05) is 33.6 Å². The van der Waals surface area contributed by atoms with Crippen LogP contribution in [0.4, 0.5) is 0 Å². The van der Waals surface area contributed by atoms with Gasteiger partial charge in [0.15, 0.2) is 0 Å². The molecule has 0 aliphatic heterocycles. The lowest BCUT2D eigenvalue weighted by Crippen LogP contribution is -2.47. The highest BCUT2D eigenvalue weighted by molar-refractivity contribution is 4.95. The highest BCUT2D eigenvalue weighted by Crippen LogP contribution is 2.35. The predicted molar refractivity (Wildman–Crippen MR) is 55.5 cm³/mol. The Morgan fingerprint density at radius 1 is 1.31 bits per heavy atom. The maximum Gasteiger partial charge on any atom is 0.0798 e. The minimum absolute atomic E-state index is 0.0463. The lowest BCUT2D eigenvalue weighted by atomic mass is 9.80. The van der Waals surface area contributed by atoms with Gasteiger partial charge in [-0.3, -0.25) is 0 Å². The number of hydrogen-bond acceptors (Lipinski definition) is 2. The molecule has 3 N–H and O–H groups in total. The van der Waals surface area contributed by atoms with Crippen molar-refractivity contribution in [2.24, 2.45) is 11.1 Å². The van der Waals surface area contributed by atoms with Gasteiger partial charge in [-0.05, 0) is 24.7 Å². The van der Waals surface area contributed by atoms with Crippen LogP contribution in [0, 0.1) is 5.41 Å². The van der Waals surface area contributed by atoms with E-state index in [0.717, 1.165) is 32.1 Å². The van der Waals surface area contributed by atoms with Gasteiger partial charge < -0.3 is 10.8 Å². The highest BCUT2D eigenvalue weighted by Gasteiger charge is 2.38. The summed E-state index contributed by atoms with van der Waals surface area (Å²) in [7, 11) is 0. The third-order valence-corrected chi connectivity index (χ3v) is 2.99. The minimum Gasteiger partial charge on any atom is -0.388 e. The molecule has 1 unspecified atom stereocenters. The predicted octanol–water partition coefficient (Wildman–Crippen LogP) is 2.05. The van der Waals surface area contributed by atoms with E-state index in [-0.39, 0.29) is 11.5 Å². The first-order chi connectivity index (χ1) is 5.83. The number of nitrogens with two attached hydrogens (primary N) is 1. The van der Waals surface area contributed by atoms with Gasteiger partial charge >= 0.3 is 0 Å². The second-order valence-electron chi connectivity index (χ2n) is 5.68. The molecule has 0 aromatic carbocycles. The van der Waals surface area contributed by atoms with E-state index in [4.69, 9.17) is 5.73 Å². The highest BCUT2D eigenvalue weighted by atomic mass is 16.3.